The molecule has 0 bridgehead atoms. The van der Waals surface area contributed by atoms with Gasteiger partial charge >= 0.3 is 0 Å². The highest BCUT2D eigenvalue weighted by Crippen LogP contribution is 2.22. The van der Waals surface area contributed by atoms with Crippen molar-refractivity contribution in [2.45, 2.75) is 34.6 Å². The molecule has 0 spiro atoms. The molecule has 0 radical (unpaired) electrons. The van der Waals surface area contributed by atoms with Crippen molar-refractivity contribution in [1.29, 1.82) is 0 Å². The Hall–Kier alpha value is -1.89. The number of benzene rings is 2. The van der Waals surface area contributed by atoms with Crippen LogP contribution < -0.4 is 0 Å². The van der Waals surface area contributed by atoms with Crippen LogP contribution in [0.1, 0.15) is 43.7 Å². The van der Waals surface area contributed by atoms with Gasteiger partial charge in [-0.3, -0.25) is 4.79 Å². The molecule has 0 aromatic heterocycles. The van der Waals surface area contributed by atoms with Gasteiger partial charge < -0.3 is 0 Å². The number of hydrogen-bond donors (Lipinski definition) is 0. The number of ketones is 1. The van der Waals surface area contributed by atoms with Crippen molar-refractivity contribution in [2.75, 3.05) is 0 Å². The Morgan fingerprint density at radius 1 is 0.737 bits per heavy atom. The first-order valence-electron chi connectivity index (χ1n) is 6.60. The van der Waals surface area contributed by atoms with Crippen molar-refractivity contribution in [3.8, 4) is 0 Å². The minimum atomic E-state index is 0.127. The van der Waals surface area contributed by atoms with Gasteiger partial charge in [0.2, 0.25) is 0 Å². The summed E-state index contributed by atoms with van der Waals surface area (Å²) in [5.74, 6) is 0.127. The molecule has 0 aliphatic carbocycles. The van der Waals surface area contributed by atoms with Gasteiger partial charge in [0.25, 0.3) is 0 Å². The largest absolute Gasteiger partial charge is 0.289 e. The van der Waals surface area contributed by atoms with E-state index in [-0.39, 0.29) is 5.78 Å². The monoisotopic (exact) mass is 252 g/mol. The lowest BCUT2D eigenvalue weighted by molar-refractivity contribution is 0.103. The van der Waals surface area contributed by atoms with Gasteiger partial charge in [0.1, 0.15) is 0 Å². The van der Waals surface area contributed by atoms with E-state index < -0.39 is 0 Å². The molecule has 0 heterocycles. The van der Waals surface area contributed by atoms with Crippen LogP contribution in [-0.2, 0) is 0 Å². The maximum absolute atomic E-state index is 12.7. The second-order valence-electron chi connectivity index (χ2n) is 5.33. The molecule has 0 atom stereocenters. The predicted octanol–water partition coefficient (Wildman–Crippen LogP) is 4.46. The summed E-state index contributed by atoms with van der Waals surface area (Å²) in [5.41, 5.74) is 7.30. The van der Waals surface area contributed by atoms with E-state index in [0.717, 1.165) is 33.4 Å². The fourth-order valence-corrected chi connectivity index (χ4v) is 2.33. The molecule has 2 rings (SSSR count). The normalized spacial score (nSPS) is 10.6. The fourth-order valence-electron chi connectivity index (χ4n) is 2.33. The average molecular weight is 252 g/mol. The van der Waals surface area contributed by atoms with Crippen molar-refractivity contribution in [3.63, 3.8) is 0 Å². The SMILES string of the molecule is Cc1ccc(C(=O)c2c(C)ccc(C)c2C)cc1C. The van der Waals surface area contributed by atoms with Crippen LogP contribution in [0.5, 0.6) is 0 Å². The quantitative estimate of drug-likeness (QED) is 0.721. The van der Waals surface area contributed by atoms with Crippen LogP contribution in [0.25, 0.3) is 0 Å². The van der Waals surface area contributed by atoms with Crippen molar-refractivity contribution in [1.82, 2.24) is 0 Å². The Morgan fingerprint density at radius 3 is 1.95 bits per heavy atom. The molecule has 98 valence electrons. The molecule has 0 saturated heterocycles. The van der Waals surface area contributed by atoms with E-state index in [1.807, 2.05) is 52.0 Å². The summed E-state index contributed by atoms with van der Waals surface area (Å²) in [6.45, 7) is 10.2. The maximum atomic E-state index is 12.7. The third-order valence-electron chi connectivity index (χ3n) is 3.94. The number of aryl methyl sites for hydroxylation is 4. The molecule has 0 amide bonds. The Balaban J connectivity index is 2.56. The zero-order valence-electron chi connectivity index (χ0n) is 12.3. The third-order valence-corrected chi connectivity index (χ3v) is 3.94. The molecule has 0 saturated carbocycles. The van der Waals surface area contributed by atoms with Gasteiger partial charge in [-0.1, -0.05) is 24.3 Å². The average Bonchev–Trinajstić information content (AvgIpc) is 2.37. The zero-order valence-corrected chi connectivity index (χ0v) is 12.3. The van der Waals surface area contributed by atoms with Gasteiger partial charge in [-0.15, -0.1) is 0 Å². The van der Waals surface area contributed by atoms with Gasteiger partial charge in [-0.05, 0) is 68.5 Å². The number of carbonyl (C=O) groups excluding carboxylic acids is 1. The van der Waals surface area contributed by atoms with Crippen molar-refractivity contribution in [3.05, 3.63) is 69.3 Å². The molecule has 2 aromatic rings. The number of rotatable bonds is 2. The summed E-state index contributed by atoms with van der Waals surface area (Å²) in [4.78, 5) is 12.7. The smallest absolute Gasteiger partial charge is 0.193 e. The Bertz CT molecular complexity index is 651. The minimum Gasteiger partial charge on any atom is -0.289 e. The van der Waals surface area contributed by atoms with E-state index in [0.29, 0.717) is 0 Å². The van der Waals surface area contributed by atoms with Crippen LogP contribution in [0.2, 0.25) is 0 Å². The van der Waals surface area contributed by atoms with Crippen molar-refractivity contribution >= 4 is 5.78 Å². The first-order chi connectivity index (χ1) is 8.91. The highest BCUT2D eigenvalue weighted by molar-refractivity contribution is 6.11. The number of carbonyl (C=O) groups is 1. The Labute approximate surface area is 115 Å². The molecule has 2 aromatic carbocycles. The standard InChI is InChI=1S/C18H20O/c1-11-8-9-16(10-14(11)4)18(19)17-13(3)7-6-12(2)15(17)5/h6-10H,1-5H3. The molecule has 0 unspecified atom stereocenters. The summed E-state index contributed by atoms with van der Waals surface area (Å²) in [5, 5.41) is 0. The van der Waals surface area contributed by atoms with E-state index in [1.54, 1.807) is 0 Å². The second kappa shape index (κ2) is 5.00. The van der Waals surface area contributed by atoms with E-state index in [1.165, 1.54) is 5.56 Å². The number of hydrogen-bond acceptors (Lipinski definition) is 1. The van der Waals surface area contributed by atoms with Gasteiger partial charge in [0.05, 0.1) is 0 Å². The van der Waals surface area contributed by atoms with Gasteiger partial charge in [0.15, 0.2) is 5.78 Å². The van der Waals surface area contributed by atoms with Crippen molar-refractivity contribution in [2.24, 2.45) is 0 Å². The van der Waals surface area contributed by atoms with Crippen LogP contribution in [0.4, 0.5) is 0 Å². The van der Waals surface area contributed by atoms with E-state index in [9.17, 15) is 4.79 Å². The molecular formula is C18H20O. The Kier molecular flexibility index (Phi) is 3.57. The lowest BCUT2D eigenvalue weighted by atomic mass is 9.91. The minimum absolute atomic E-state index is 0.127. The molecule has 1 nitrogen and oxygen atoms in total. The molecule has 0 fully saturated rings. The summed E-state index contributed by atoms with van der Waals surface area (Å²) >= 11 is 0. The van der Waals surface area contributed by atoms with Crippen LogP contribution in [-0.4, -0.2) is 5.78 Å². The van der Waals surface area contributed by atoms with Gasteiger partial charge in [0, 0.05) is 11.1 Å². The summed E-state index contributed by atoms with van der Waals surface area (Å²) < 4.78 is 0. The second-order valence-corrected chi connectivity index (χ2v) is 5.33. The maximum Gasteiger partial charge on any atom is 0.193 e. The first kappa shape index (κ1) is 13.5. The summed E-state index contributed by atoms with van der Waals surface area (Å²) in [6, 6.07) is 10.0. The molecule has 0 aliphatic rings. The molecule has 1 heteroatoms. The molecular weight excluding hydrogens is 232 g/mol. The lowest BCUT2D eigenvalue weighted by Gasteiger charge is -2.12. The van der Waals surface area contributed by atoms with Crippen LogP contribution in [0.15, 0.2) is 30.3 Å². The molecule has 0 N–H and O–H groups in total. The van der Waals surface area contributed by atoms with Gasteiger partial charge in [-0.25, -0.2) is 0 Å². The highest BCUT2D eigenvalue weighted by Gasteiger charge is 2.15. The predicted molar refractivity (Wildman–Crippen MR) is 80.0 cm³/mol. The van der Waals surface area contributed by atoms with Crippen LogP contribution in [0, 0.1) is 34.6 Å². The molecule has 0 aliphatic heterocycles. The lowest BCUT2D eigenvalue weighted by Crippen LogP contribution is -2.08. The van der Waals surface area contributed by atoms with E-state index in [4.69, 9.17) is 0 Å². The van der Waals surface area contributed by atoms with E-state index in [2.05, 4.69) is 13.0 Å². The molecule has 19 heavy (non-hydrogen) atoms. The zero-order chi connectivity index (χ0) is 14.2. The van der Waals surface area contributed by atoms with E-state index >= 15 is 0 Å². The fraction of sp³-hybridized carbons (Fsp3) is 0.278. The summed E-state index contributed by atoms with van der Waals surface area (Å²) in [6.07, 6.45) is 0. The van der Waals surface area contributed by atoms with Crippen LogP contribution in [0.3, 0.4) is 0 Å². The third kappa shape index (κ3) is 2.46. The Morgan fingerprint density at radius 2 is 1.32 bits per heavy atom. The van der Waals surface area contributed by atoms with Crippen molar-refractivity contribution < 1.29 is 4.79 Å². The van der Waals surface area contributed by atoms with Crippen LogP contribution >= 0.6 is 0 Å². The topological polar surface area (TPSA) is 17.1 Å². The summed E-state index contributed by atoms with van der Waals surface area (Å²) in [7, 11) is 0. The van der Waals surface area contributed by atoms with Gasteiger partial charge in [-0.2, -0.15) is 0 Å². The highest BCUT2D eigenvalue weighted by atomic mass is 16.1. The first-order valence-corrected chi connectivity index (χ1v) is 6.60.